The van der Waals surface area contributed by atoms with Gasteiger partial charge < -0.3 is 19.5 Å². The fraction of sp³-hybridized carbons (Fsp3) is 0.600. The van der Waals surface area contributed by atoms with Gasteiger partial charge in [-0.3, -0.25) is 9.59 Å². The maximum atomic E-state index is 13.0. The van der Waals surface area contributed by atoms with Crippen LogP contribution in [0.25, 0.3) is 0 Å². The number of piperidine rings is 1. The minimum absolute atomic E-state index is 0.0454. The molecule has 1 N–H and O–H groups in total. The second-order valence-corrected chi connectivity index (χ2v) is 7.94. The molecule has 1 aromatic rings. The number of rotatable bonds is 5. The van der Waals surface area contributed by atoms with Gasteiger partial charge >= 0.3 is 5.97 Å². The lowest BCUT2D eigenvalue weighted by Gasteiger charge is -2.35. The summed E-state index contributed by atoms with van der Waals surface area (Å²) in [5.41, 5.74) is 0.468. The standard InChI is InChI=1S/C20H26ClNO5/c1-12(2)27-17-4-3-14(21)11-16(17)19(23)22-8-5-13(6-9-22)18-15(20(24)25)7-10-26-18/h3-4,11-13,15,18H,5-10H2,1-2H3,(H,24,25)/t15?,18-/m0/s1. The molecule has 2 fully saturated rings. The van der Waals surface area contributed by atoms with Crippen molar-refractivity contribution in [1.29, 1.82) is 0 Å². The van der Waals surface area contributed by atoms with Gasteiger partial charge in [0.15, 0.2) is 0 Å². The van der Waals surface area contributed by atoms with Gasteiger partial charge in [-0.2, -0.15) is 0 Å². The third kappa shape index (κ3) is 4.55. The molecule has 0 aliphatic carbocycles. The van der Waals surface area contributed by atoms with Crippen molar-refractivity contribution in [3.63, 3.8) is 0 Å². The quantitative estimate of drug-likeness (QED) is 0.826. The zero-order valence-electron chi connectivity index (χ0n) is 15.7. The first-order chi connectivity index (χ1) is 12.9. The highest BCUT2D eigenvalue weighted by Gasteiger charge is 2.41. The van der Waals surface area contributed by atoms with Crippen LogP contribution in [0.5, 0.6) is 5.75 Å². The van der Waals surface area contributed by atoms with Gasteiger partial charge in [0.05, 0.1) is 23.7 Å². The summed E-state index contributed by atoms with van der Waals surface area (Å²) in [5.74, 6) is -0.620. The van der Waals surface area contributed by atoms with Crippen LogP contribution in [-0.2, 0) is 9.53 Å². The first kappa shape index (κ1) is 20.0. The molecule has 0 bridgehead atoms. The number of benzene rings is 1. The predicted octanol–water partition coefficient (Wildman–Crippen LogP) is 3.47. The second kappa shape index (κ2) is 8.48. The SMILES string of the molecule is CC(C)Oc1ccc(Cl)cc1C(=O)N1CCC([C@@H]2OCCC2C(=O)O)CC1. The summed E-state index contributed by atoms with van der Waals surface area (Å²) in [6.45, 7) is 5.47. The van der Waals surface area contributed by atoms with Crippen LogP contribution in [0.2, 0.25) is 5.02 Å². The normalized spacial score (nSPS) is 23.6. The Hall–Kier alpha value is -1.79. The fourth-order valence-electron chi connectivity index (χ4n) is 3.97. The lowest BCUT2D eigenvalue weighted by atomic mass is 9.84. The molecule has 2 aliphatic rings. The highest BCUT2D eigenvalue weighted by atomic mass is 35.5. The predicted molar refractivity (Wildman–Crippen MR) is 101 cm³/mol. The van der Waals surface area contributed by atoms with Gasteiger partial charge in [0, 0.05) is 24.7 Å². The summed E-state index contributed by atoms with van der Waals surface area (Å²) in [7, 11) is 0. The summed E-state index contributed by atoms with van der Waals surface area (Å²) in [5, 5.41) is 9.85. The van der Waals surface area contributed by atoms with Crippen molar-refractivity contribution >= 4 is 23.5 Å². The van der Waals surface area contributed by atoms with E-state index in [-0.39, 0.29) is 24.0 Å². The molecule has 7 heteroatoms. The topological polar surface area (TPSA) is 76.1 Å². The van der Waals surface area contributed by atoms with Crippen LogP contribution in [0.15, 0.2) is 18.2 Å². The number of hydrogen-bond acceptors (Lipinski definition) is 4. The van der Waals surface area contributed by atoms with Crippen LogP contribution in [-0.4, -0.2) is 53.8 Å². The van der Waals surface area contributed by atoms with E-state index in [1.807, 2.05) is 13.8 Å². The number of halogens is 1. The van der Waals surface area contributed by atoms with E-state index < -0.39 is 11.9 Å². The van der Waals surface area contributed by atoms with Crippen molar-refractivity contribution in [2.75, 3.05) is 19.7 Å². The lowest BCUT2D eigenvalue weighted by molar-refractivity contribution is -0.145. The number of likely N-dealkylation sites (tertiary alicyclic amines) is 1. The van der Waals surface area contributed by atoms with Crippen LogP contribution in [0.4, 0.5) is 0 Å². The number of amides is 1. The largest absolute Gasteiger partial charge is 0.490 e. The Morgan fingerprint density at radius 1 is 1.26 bits per heavy atom. The van der Waals surface area contributed by atoms with Crippen LogP contribution >= 0.6 is 11.6 Å². The van der Waals surface area contributed by atoms with Crippen LogP contribution in [0, 0.1) is 11.8 Å². The van der Waals surface area contributed by atoms with Crippen molar-refractivity contribution in [3.05, 3.63) is 28.8 Å². The number of carbonyl (C=O) groups is 2. The van der Waals surface area contributed by atoms with E-state index in [1.54, 1.807) is 23.1 Å². The van der Waals surface area contributed by atoms with Crippen molar-refractivity contribution in [1.82, 2.24) is 4.90 Å². The second-order valence-electron chi connectivity index (χ2n) is 7.51. The molecule has 0 spiro atoms. The smallest absolute Gasteiger partial charge is 0.309 e. The number of carboxylic acid groups (broad SMARTS) is 1. The van der Waals surface area contributed by atoms with Crippen LogP contribution in [0.3, 0.4) is 0 Å². The average molecular weight is 396 g/mol. The summed E-state index contributed by atoms with van der Waals surface area (Å²) in [6, 6.07) is 5.09. The van der Waals surface area contributed by atoms with Gasteiger partial charge in [0.1, 0.15) is 5.75 Å². The first-order valence-electron chi connectivity index (χ1n) is 9.46. The maximum Gasteiger partial charge on any atom is 0.309 e. The van der Waals surface area contributed by atoms with E-state index in [0.717, 1.165) is 12.8 Å². The molecule has 2 saturated heterocycles. The molecular weight excluding hydrogens is 370 g/mol. The molecule has 3 rings (SSSR count). The zero-order chi connectivity index (χ0) is 19.6. The van der Waals surface area contributed by atoms with Crippen LogP contribution in [0.1, 0.15) is 43.5 Å². The molecule has 2 aliphatic heterocycles. The molecule has 2 heterocycles. The van der Waals surface area contributed by atoms with E-state index >= 15 is 0 Å². The summed E-state index contributed by atoms with van der Waals surface area (Å²) in [4.78, 5) is 26.2. The molecule has 27 heavy (non-hydrogen) atoms. The number of aliphatic carboxylic acids is 1. The number of carboxylic acids is 1. The Kier molecular flexibility index (Phi) is 6.27. The Morgan fingerprint density at radius 3 is 2.59 bits per heavy atom. The molecule has 0 saturated carbocycles. The minimum atomic E-state index is -0.787. The van der Waals surface area contributed by atoms with Gasteiger partial charge in [-0.05, 0) is 57.2 Å². The number of hydrogen-bond donors (Lipinski definition) is 1. The Bertz CT molecular complexity index is 700. The molecule has 0 aromatic heterocycles. The van der Waals surface area contributed by atoms with Gasteiger partial charge in [0.25, 0.3) is 5.91 Å². The Balaban J connectivity index is 1.67. The van der Waals surface area contributed by atoms with Crippen molar-refractivity contribution in [2.45, 2.75) is 45.3 Å². The zero-order valence-corrected chi connectivity index (χ0v) is 16.4. The highest BCUT2D eigenvalue weighted by Crippen LogP contribution is 2.34. The van der Waals surface area contributed by atoms with Crippen molar-refractivity contribution < 1.29 is 24.2 Å². The molecule has 148 valence electrons. The maximum absolute atomic E-state index is 13.0. The molecule has 0 radical (unpaired) electrons. The third-order valence-corrected chi connectivity index (χ3v) is 5.51. The van der Waals surface area contributed by atoms with Gasteiger partial charge in [-0.25, -0.2) is 0 Å². The van der Waals surface area contributed by atoms with Crippen molar-refractivity contribution in [3.8, 4) is 5.75 Å². The van der Waals surface area contributed by atoms with E-state index in [1.165, 1.54) is 0 Å². The first-order valence-corrected chi connectivity index (χ1v) is 9.84. The molecule has 2 atom stereocenters. The molecule has 1 unspecified atom stereocenters. The average Bonchev–Trinajstić information content (AvgIpc) is 3.12. The van der Waals surface area contributed by atoms with Gasteiger partial charge in [0.2, 0.25) is 0 Å². The van der Waals surface area contributed by atoms with E-state index in [2.05, 4.69) is 0 Å². The number of ether oxygens (including phenoxy) is 2. The summed E-state index contributed by atoms with van der Waals surface area (Å²) < 4.78 is 11.5. The van der Waals surface area contributed by atoms with Crippen LogP contribution < -0.4 is 4.74 Å². The minimum Gasteiger partial charge on any atom is -0.490 e. The van der Waals surface area contributed by atoms with Gasteiger partial charge in [-0.15, -0.1) is 0 Å². The summed E-state index contributed by atoms with van der Waals surface area (Å²) >= 11 is 6.09. The van der Waals surface area contributed by atoms with E-state index in [4.69, 9.17) is 21.1 Å². The monoisotopic (exact) mass is 395 g/mol. The molecular formula is C20H26ClNO5. The molecule has 6 nitrogen and oxygen atoms in total. The van der Waals surface area contributed by atoms with E-state index in [9.17, 15) is 14.7 Å². The molecule has 1 amide bonds. The molecule has 1 aromatic carbocycles. The number of carbonyl (C=O) groups excluding carboxylic acids is 1. The summed E-state index contributed by atoms with van der Waals surface area (Å²) in [6.07, 6.45) is 1.75. The number of nitrogens with zero attached hydrogens (tertiary/aromatic N) is 1. The lowest BCUT2D eigenvalue weighted by Crippen LogP contribution is -2.43. The van der Waals surface area contributed by atoms with Crippen molar-refractivity contribution in [2.24, 2.45) is 11.8 Å². The highest BCUT2D eigenvalue weighted by molar-refractivity contribution is 6.31. The third-order valence-electron chi connectivity index (χ3n) is 5.28. The fourth-order valence-corrected chi connectivity index (χ4v) is 4.14. The van der Waals surface area contributed by atoms with Gasteiger partial charge in [-0.1, -0.05) is 11.6 Å². The Morgan fingerprint density at radius 2 is 1.96 bits per heavy atom. The van der Waals surface area contributed by atoms with E-state index in [0.29, 0.717) is 42.5 Å². The Labute approximate surface area is 164 Å².